The molecule has 96 valence electrons. The third-order valence-corrected chi connectivity index (χ3v) is 2.14. The molecule has 1 aromatic rings. The predicted molar refractivity (Wildman–Crippen MR) is 68.4 cm³/mol. The normalized spacial score (nSPS) is 10.3. The third-order valence-electron chi connectivity index (χ3n) is 1.88. The Balaban J connectivity index is 2.38. The quantitative estimate of drug-likeness (QED) is 0.383. The van der Waals surface area contributed by atoms with Gasteiger partial charge in [0.25, 0.3) is 5.91 Å². The highest BCUT2D eigenvalue weighted by atomic mass is 35.5. The van der Waals surface area contributed by atoms with Gasteiger partial charge in [0.1, 0.15) is 6.42 Å². The minimum Gasteiger partial charge on any atom is -0.466 e. The van der Waals surface area contributed by atoms with Crippen molar-refractivity contribution in [2.75, 3.05) is 6.61 Å². The minimum atomic E-state index is -0.573. The molecule has 1 N–H and O–H groups in total. The van der Waals surface area contributed by atoms with Crippen molar-refractivity contribution in [3.8, 4) is 0 Å². The van der Waals surface area contributed by atoms with Gasteiger partial charge in [-0.3, -0.25) is 9.59 Å². The molecule has 0 saturated heterocycles. The van der Waals surface area contributed by atoms with E-state index in [1.54, 1.807) is 31.2 Å². The van der Waals surface area contributed by atoms with E-state index >= 15 is 0 Å². The molecule has 0 fully saturated rings. The number of rotatable bonds is 5. The van der Waals surface area contributed by atoms with E-state index < -0.39 is 11.9 Å². The molecule has 6 heteroatoms. The molecule has 1 aromatic carbocycles. The van der Waals surface area contributed by atoms with Crippen LogP contribution in [0.3, 0.4) is 0 Å². The SMILES string of the molecule is CCOC(=O)CC(=O)N/N=C/c1ccc(Cl)cc1. The fourth-order valence-corrected chi connectivity index (χ4v) is 1.24. The van der Waals surface area contributed by atoms with Crippen LogP contribution in [-0.2, 0) is 14.3 Å². The fourth-order valence-electron chi connectivity index (χ4n) is 1.11. The van der Waals surface area contributed by atoms with Crippen molar-refractivity contribution in [1.82, 2.24) is 5.43 Å². The van der Waals surface area contributed by atoms with Crippen LogP contribution in [0.15, 0.2) is 29.4 Å². The summed E-state index contributed by atoms with van der Waals surface area (Å²) in [6.07, 6.45) is 1.12. The van der Waals surface area contributed by atoms with Crippen LogP contribution >= 0.6 is 11.6 Å². The number of amides is 1. The number of hydrazone groups is 1. The van der Waals surface area contributed by atoms with Crippen LogP contribution in [0.5, 0.6) is 0 Å². The molecule has 0 unspecified atom stereocenters. The van der Waals surface area contributed by atoms with Gasteiger partial charge in [0.15, 0.2) is 0 Å². The Hall–Kier alpha value is -1.88. The highest BCUT2D eigenvalue weighted by molar-refractivity contribution is 6.30. The Kier molecular flexibility index (Phi) is 5.87. The first-order chi connectivity index (χ1) is 8.61. The van der Waals surface area contributed by atoms with E-state index in [9.17, 15) is 9.59 Å². The van der Waals surface area contributed by atoms with Gasteiger partial charge in [-0.15, -0.1) is 0 Å². The predicted octanol–water partition coefficient (Wildman–Crippen LogP) is 1.74. The molecule has 0 aliphatic rings. The molecule has 0 spiro atoms. The second-order valence-corrected chi connectivity index (χ2v) is 3.76. The Bertz CT molecular complexity index is 443. The van der Waals surface area contributed by atoms with Crippen molar-refractivity contribution >= 4 is 29.7 Å². The molecule has 0 saturated carbocycles. The number of hydrogen-bond acceptors (Lipinski definition) is 4. The van der Waals surface area contributed by atoms with Crippen LogP contribution < -0.4 is 5.43 Å². The fraction of sp³-hybridized carbons (Fsp3) is 0.250. The summed E-state index contributed by atoms with van der Waals surface area (Å²) in [5, 5.41) is 4.33. The molecule has 0 atom stereocenters. The van der Waals surface area contributed by atoms with Crippen molar-refractivity contribution in [2.24, 2.45) is 5.10 Å². The van der Waals surface area contributed by atoms with Crippen molar-refractivity contribution in [2.45, 2.75) is 13.3 Å². The molecule has 0 aliphatic carbocycles. The van der Waals surface area contributed by atoms with Gasteiger partial charge in [0, 0.05) is 5.02 Å². The first-order valence-corrected chi connectivity index (χ1v) is 5.72. The molecule has 0 radical (unpaired) electrons. The smallest absolute Gasteiger partial charge is 0.315 e. The zero-order valence-corrected chi connectivity index (χ0v) is 10.6. The zero-order chi connectivity index (χ0) is 13.4. The number of benzene rings is 1. The van der Waals surface area contributed by atoms with E-state index in [1.807, 2.05) is 0 Å². The first-order valence-electron chi connectivity index (χ1n) is 5.35. The summed E-state index contributed by atoms with van der Waals surface area (Å²) < 4.78 is 4.62. The van der Waals surface area contributed by atoms with Crippen molar-refractivity contribution in [3.05, 3.63) is 34.9 Å². The second kappa shape index (κ2) is 7.45. The molecule has 0 heterocycles. The minimum absolute atomic E-state index is 0.250. The Morgan fingerprint density at radius 2 is 2.06 bits per heavy atom. The summed E-state index contributed by atoms with van der Waals surface area (Å²) in [6.45, 7) is 1.93. The summed E-state index contributed by atoms with van der Waals surface area (Å²) >= 11 is 5.72. The van der Waals surface area contributed by atoms with Gasteiger partial charge in [-0.05, 0) is 24.6 Å². The van der Waals surface area contributed by atoms with Crippen molar-refractivity contribution < 1.29 is 14.3 Å². The van der Waals surface area contributed by atoms with Gasteiger partial charge in [0.05, 0.1) is 12.8 Å². The third kappa shape index (κ3) is 5.45. The maximum absolute atomic E-state index is 11.2. The van der Waals surface area contributed by atoms with Crippen molar-refractivity contribution in [1.29, 1.82) is 0 Å². The van der Waals surface area contributed by atoms with Gasteiger partial charge in [-0.25, -0.2) is 5.43 Å². The van der Waals surface area contributed by atoms with Gasteiger partial charge < -0.3 is 4.74 Å². The van der Waals surface area contributed by atoms with E-state index in [0.29, 0.717) is 5.02 Å². The van der Waals surface area contributed by atoms with Crippen LogP contribution in [0.4, 0.5) is 0 Å². The van der Waals surface area contributed by atoms with E-state index in [-0.39, 0.29) is 13.0 Å². The molecule has 0 aliphatic heterocycles. The summed E-state index contributed by atoms with van der Waals surface area (Å²) in [5.41, 5.74) is 3.02. The van der Waals surface area contributed by atoms with E-state index in [0.717, 1.165) is 5.56 Å². The Morgan fingerprint density at radius 3 is 2.67 bits per heavy atom. The molecule has 1 amide bonds. The number of ether oxygens (including phenoxy) is 1. The van der Waals surface area contributed by atoms with Crippen LogP contribution in [0, 0.1) is 0 Å². The number of carbonyl (C=O) groups excluding carboxylic acids is 2. The molecule has 1 rings (SSSR count). The highest BCUT2D eigenvalue weighted by Crippen LogP contribution is 2.07. The van der Waals surface area contributed by atoms with Gasteiger partial charge in [-0.1, -0.05) is 23.7 Å². The van der Waals surface area contributed by atoms with E-state index in [2.05, 4.69) is 15.3 Å². The number of hydrogen-bond donors (Lipinski definition) is 1. The lowest BCUT2D eigenvalue weighted by molar-refractivity contribution is -0.145. The summed E-state index contributed by atoms with van der Waals surface area (Å²) in [5.74, 6) is -1.09. The van der Waals surface area contributed by atoms with Gasteiger partial charge in [0.2, 0.25) is 0 Å². The molecule has 0 aromatic heterocycles. The lowest BCUT2D eigenvalue weighted by atomic mass is 10.2. The number of carbonyl (C=O) groups is 2. The number of nitrogens with zero attached hydrogens (tertiary/aromatic N) is 1. The lowest BCUT2D eigenvalue weighted by Gasteiger charge is -2.00. The monoisotopic (exact) mass is 268 g/mol. The maximum Gasteiger partial charge on any atom is 0.315 e. The molecular weight excluding hydrogens is 256 g/mol. The molecule has 18 heavy (non-hydrogen) atoms. The van der Waals surface area contributed by atoms with Crippen molar-refractivity contribution in [3.63, 3.8) is 0 Å². The van der Waals surface area contributed by atoms with Gasteiger partial charge >= 0.3 is 5.97 Å². The number of halogens is 1. The maximum atomic E-state index is 11.2. The Morgan fingerprint density at radius 1 is 1.39 bits per heavy atom. The van der Waals surface area contributed by atoms with Crippen LogP contribution in [-0.4, -0.2) is 24.7 Å². The van der Waals surface area contributed by atoms with Crippen LogP contribution in [0.1, 0.15) is 18.9 Å². The summed E-state index contributed by atoms with van der Waals surface area (Å²) in [7, 11) is 0. The first kappa shape index (κ1) is 14.2. The zero-order valence-electron chi connectivity index (χ0n) is 9.85. The van der Waals surface area contributed by atoms with Crippen LogP contribution in [0.2, 0.25) is 5.02 Å². The number of esters is 1. The standard InChI is InChI=1S/C12H13ClN2O3/c1-2-18-12(17)7-11(16)15-14-8-9-3-5-10(13)6-4-9/h3-6,8H,2,7H2,1H3,(H,15,16)/b14-8+. The van der Waals surface area contributed by atoms with Gasteiger partial charge in [-0.2, -0.15) is 5.10 Å². The number of nitrogens with one attached hydrogen (secondary N) is 1. The average Bonchev–Trinajstić information content (AvgIpc) is 2.32. The highest BCUT2D eigenvalue weighted by Gasteiger charge is 2.08. The topological polar surface area (TPSA) is 67.8 Å². The summed E-state index contributed by atoms with van der Waals surface area (Å²) in [6, 6.07) is 6.93. The molecule has 0 bridgehead atoms. The Labute approximate surface area is 110 Å². The second-order valence-electron chi connectivity index (χ2n) is 3.33. The lowest BCUT2D eigenvalue weighted by Crippen LogP contribution is -2.22. The van der Waals surface area contributed by atoms with E-state index in [1.165, 1.54) is 6.21 Å². The van der Waals surface area contributed by atoms with Crippen LogP contribution in [0.25, 0.3) is 0 Å². The molecule has 5 nitrogen and oxygen atoms in total. The van der Waals surface area contributed by atoms with E-state index in [4.69, 9.17) is 11.6 Å². The largest absolute Gasteiger partial charge is 0.466 e. The molecular formula is C12H13ClN2O3. The average molecular weight is 269 g/mol. The summed E-state index contributed by atoms with van der Waals surface area (Å²) in [4.78, 5) is 22.2.